The van der Waals surface area contributed by atoms with Gasteiger partial charge in [0.1, 0.15) is 5.82 Å². The Kier molecular flexibility index (Phi) is 5.88. The van der Waals surface area contributed by atoms with Crippen LogP contribution in [0.2, 0.25) is 0 Å². The summed E-state index contributed by atoms with van der Waals surface area (Å²) < 4.78 is 13.5. The van der Waals surface area contributed by atoms with E-state index in [0.29, 0.717) is 5.92 Å². The van der Waals surface area contributed by atoms with Crippen molar-refractivity contribution in [1.29, 1.82) is 0 Å². The van der Waals surface area contributed by atoms with Crippen molar-refractivity contribution in [3.63, 3.8) is 0 Å². The molecule has 1 unspecified atom stereocenters. The third-order valence-electron chi connectivity index (χ3n) is 3.38. The minimum atomic E-state index is -0.165. The number of thiazole rings is 1. The summed E-state index contributed by atoms with van der Waals surface area (Å²) in [4.78, 5) is 5.57. The van der Waals surface area contributed by atoms with Crippen molar-refractivity contribution >= 4 is 11.3 Å². The smallest absolute Gasteiger partial charge is 0.123 e. The first-order chi connectivity index (χ1) is 10.0. The van der Waals surface area contributed by atoms with Gasteiger partial charge in [-0.15, -0.1) is 11.3 Å². The Balaban J connectivity index is 2.09. The average molecular weight is 306 g/mol. The van der Waals surface area contributed by atoms with Crippen LogP contribution in [0.25, 0.3) is 0 Å². The van der Waals surface area contributed by atoms with Crippen LogP contribution in [0, 0.1) is 18.7 Å². The van der Waals surface area contributed by atoms with E-state index in [9.17, 15) is 4.39 Å². The summed E-state index contributed by atoms with van der Waals surface area (Å²) in [5.74, 6) is 0.727. The molecule has 0 radical (unpaired) electrons. The first kappa shape index (κ1) is 16.1. The standard InChI is InChI=1S/C17H23FN2S/c1-12(2)9-19-10-15(8-17-11-20-13(3)21-17)14-5-4-6-16(18)7-14/h4-7,11-12,15,19H,8-10H2,1-3H3. The van der Waals surface area contributed by atoms with Gasteiger partial charge < -0.3 is 5.32 Å². The normalized spacial score (nSPS) is 12.8. The fourth-order valence-corrected chi connectivity index (χ4v) is 3.23. The Labute approximate surface area is 130 Å². The van der Waals surface area contributed by atoms with Crippen molar-refractivity contribution in [2.24, 2.45) is 5.92 Å². The van der Waals surface area contributed by atoms with Gasteiger partial charge in [-0.3, -0.25) is 0 Å². The zero-order valence-corrected chi connectivity index (χ0v) is 13.7. The van der Waals surface area contributed by atoms with Crippen LogP contribution in [0.1, 0.15) is 35.2 Å². The van der Waals surface area contributed by atoms with Gasteiger partial charge in [0.15, 0.2) is 0 Å². The zero-order valence-electron chi connectivity index (χ0n) is 12.9. The minimum absolute atomic E-state index is 0.165. The third-order valence-corrected chi connectivity index (χ3v) is 4.32. The molecule has 0 fully saturated rings. The lowest BCUT2D eigenvalue weighted by atomic mass is 9.95. The fraction of sp³-hybridized carbons (Fsp3) is 0.471. The Hall–Kier alpha value is -1.26. The summed E-state index contributed by atoms with van der Waals surface area (Å²) in [5.41, 5.74) is 1.05. The quantitative estimate of drug-likeness (QED) is 0.830. The molecule has 1 N–H and O–H groups in total. The second kappa shape index (κ2) is 7.66. The summed E-state index contributed by atoms with van der Waals surface area (Å²) >= 11 is 1.72. The molecule has 2 rings (SSSR count). The van der Waals surface area contributed by atoms with Gasteiger partial charge in [-0.2, -0.15) is 0 Å². The highest BCUT2D eigenvalue weighted by Gasteiger charge is 2.14. The molecule has 2 nitrogen and oxygen atoms in total. The number of hydrogen-bond donors (Lipinski definition) is 1. The molecule has 1 heterocycles. The Morgan fingerprint density at radius 1 is 1.29 bits per heavy atom. The van der Waals surface area contributed by atoms with Crippen molar-refractivity contribution in [3.05, 3.63) is 51.7 Å². The Morgan fingerprint density at radius 2 is 2.10 bits per heavy atom. The van der Waals surface area contributed by atoms with Crippen LogP contribution in [0.4, 0.5) is 4.39 Å². The highest BCUT2D eigenvalue weighted by molar-refractivity contribution is 7.11. The molecule has 0 aliphatic rings. The Bertz CT molecular complexity index is 565. The average Bonchev–Trinajstić information content (AvgIpc) is 2.83. The molecular weight excluding hydrogens is 283 g/mol. The van der Waals surface area contributed by atoms with E-state index in [0.717, 1.165) is 30.1 Å². The highest BCUT2D eigenvalue weighted by Crippen LogP contribution is 2.24. The second-order valence-corrected chi connectivity index (χ2v) is 7.17. The lowest BCUT2D eigenvalue weighted by molar-refractivity contribution is 0.513. The minimum Gasteiger partial charge on any atom is -0.316 e. The maximum atomic E-state index is 13.5. The molecule has 1 atom stereocenters. The molecule has 2 aromatic rings. The van der Waals surface area contributed by atoms with Gasteiger partial charge in [0.25, 0.3) is 0 Å². The Morgan fingerprint density at radius 3 is 2.71 bits per heavy atom. The van der Waals surface area contributed by atoms with E-state index in [1.165, 1.54) is 10.9 Å². The predicted octanol–water partition coefficient (Wildman–Crippen LogP) is 4.16. The number of nitrogens with zero attached hydrogens (tertiary/aromatic N) is 1. The molecule has 0 aliphatic carbocycles. The number of aryl methyl sites for hydroxylation is 1. The number of halogens is 1. The maximum absolute atomic E-state index is 13.5. The summed E-state index contributed by atoms with van der Waals surface area (Å²) in [7, 11) is 0. The lowest BCUT2D eigenvalue weighted by Crippen LogP contribution is -2.26. The summed E-state index contributed by atoms with van der Waals surface area (Å²) in [5, 5.41) is 4.57. The molecule has 1 aromatic carbocycles. The molecule has 114 valence electrons. The van der Waals surface area contributed by atoms with Gasteiger partial charge in [0.2, 0.25) is 0 Å². The topological polar surface area (TPSA) is 24.9 Å². The van der Waals surface area contributed by atoms with Gasteiger partial charge in [0.05, 0.1) is 5.01 Å². The lowest BCUT2D eigenvalue weighted by Gasteiger charge is -2.18. The van der Waals surface area contributed by atoms with E-state index < -0.39 is 0 Å². The molecule has 4 heteroatoms. The van der Waals surface area contributed by atoms with Crippen LogP contribution >= 0.6 is 11.3 Å². The third kappa shape index (κ3) is 5.21. The van der Waals surface area contributed by atoms with E-state index >= 15 is 0 Å². The van der Waals surface area contributed by atoms with E-state index in [1.54, 1.807) is 23.5 Å². The van der Waals surface area contributed by atoms with E-state index in [2.05, 4.69) is 24.1 Å². The van der Waals surface area contributed by atoms with Gasteiger partial charge in [-0.1, -0.05) is 26.0 Å². The number of rotatable bonds is 7. The number of nitrogens with one attached hydrogen (secondary N) is 1. The molecular formula is C17H23FN2S. The predicted molar refractivity (Wildman–Crippen MR) is 87.4 cm³/mol. The molecule has 21 heavy (non-hydrogen) atoms. The highest BCUT2D eigenvalue weighted by atomic mass is 32.1. The molecule has 0 spiro atoms. The molecule has 1 aromatic heterocycles. The van der Waals surface area contributed by atoms with Crippen LogP contribution in [0.15, 0.2) is 30.5 Å². The molecule has 0 bridgehead atoms. The van der Waals surface area contributed by atoms with Crippen molar-refractivity contribution in [2.45, 2.75) is 33.1 Å². The maximum Gasteiger partial charge on any atom is 0.123 e. The van der Waals surface area contributed by atoms with Crippen LogP contribution < -0.4 is 5.32 Å². The van der Waals surface area contributed by atoms with Crippen molar-refractivity contribution < 1.29 is 4.39 Å². The zero-order chi connectivity index (χ0) is 15.2. The van der Waals surface area contributed by atoms with Crippen LogP contribution in [-0.4, -0.2) is 18.1 Å². The van der Waals surface area contributed by atoms with Gasteiger partial charge >= 0.3 is 0 Å². The van der Waals surface area contributed by atoms with Crippen LogP contribution in [0.3, 0.4) is 0 Å². The number of aromatic nitrogens is 1. The van der Waals surface area contributed by atoms with Crippen LogP contribution in [-0.2, 0) is 6.42 Å². The van der Waals surface area contributed by atoms with Gasteiger partial charge in [0, 0.05) is 23.5 Å². The SMILES string of the molecule is Cc1ncc(CC(CNCC(C)C)c2cccc(F)c2)s1. The van der Waals surface area contributed by atoms with Gasteiger partial charge in [-0.05, 0) is 43.5 Å². The first-order valence-electron chi connectivity index (χ1n) is 7.42. The van der Waals surface area contributed by atoms with E-state index in [1.807, 2.05) is 19.2 Å². The first-order valence-corrected chi connectivity index (χ1v) is 8.23. The summed E-state index contributed by atoms with van der Waals surface area (Å²) in [6, 6.07) is 6.95. The molecule has 0 amide bonds. The second-order valence-electron chi connectivity index (χ2n) is 5.85. The number of benzene rings is 1. The molecule has 0 aliphatic heterocycles. The summed E-state index contributed by atoms with van der Waals surface area (Å²) in [6.45, 7) is 8.24. The van der Waals surface area contributed by atoms with Gasteiger partial charge in [-0.25, -0.2) is 9.37 Å². The molecule has 0 saturated carbocycles. The van der Waals surface area contributed by atoms with Crippen molar-refractivity contribution in [2.75, 3.05) is 13.1 Å². The number of hydrogen-bond acceptors (Lipinski definition) is 3. The molecule has 0 saturated heterocycles. The fourth-order valence-electron chi connectivity index (χ4n) is 2.36. The van der Waals surface area contributed by atoms with E-state index in [4.69, 9.17) is 0 Å². The monoisotopic (exact) mass is 306 g/mol. The van der Waals surface area contributed by atoms with E-state index in [-0.39, 0.29) is 11.7 Å². The summed E-state index contributed by atoms with van der Waals surface area (Å²) in [6.07, 6.45) is 2.84. The van der Waals surface area contributed by atoms with Crippen molar-refractivity contribution in [1.82, 2.24) is 10.3 Å². The van der Waals surface area contributed by atoms with Crippen LogP contribution in [0.5, 0.6) is 0 Å². The van der Waals surface area contributed by atoms with Crippen molar-refractivity contribution in [3.8, 4) is 0 Å². The largest absolute Gasteiger partial charge is 0.316 e.